The van der Waals surface area contributed by atoms with E-state index in [2.05, 4.69) is 0 Å². The van der Waals surface area contributed by atoms with E-state index in [0.717, 1.165) is 0 Å². The quantitative estimate of drug-likeness (QED) is 0.529. The summed E-state index contributed by atoms with van der Waals surface area (Å²) in [7, 11) is 2.54. The first-order valence-electron chi connectivity index (χ1n) is 5.34. The minimum Gasteiger partial charge on any atom is -0.468 e. The number of hydrogen-bond acceptors (Lipinski definition) is 5. The fourth-order valence-corrected chi connectivity index (χ4v) is 2.37. The predicted molar refractivity (Wildman–Crippen MR) is 55.7 cm³/mol. The van der Waals surface area contributed by atoms with Crippen molar-refractivity contribution in [3.8, 4) is 0 Å². The molecule has 1 heterocycles. The van der Waals surface area contributed by atoms with Crippen LogP contribution < -0.4 is 0 Å². The molecule has 1 aliphatic heterocycles. The van der Waals surface area contributed by atoms with Crippen molar-refractivity contribution < 1.29 is 23.8 Å². The lowest BCUT2D eigenvalue weighted by molar-refractivity contribution is -0.176. The maximum atomic E-state index is 11.9. The number of esters is 2. The van der Waals surface area contributed by atoms with Crippen LogP contribution in [0.25, 0.3) is 0 Å². The molecule has 0 aromatic carbocycles. The van der Waals surface area contributed by atoms with Gasteiger partial charge in [-0.15, -0.1) is 0 Å². The molecule has 1 rings (SSSR count). The van der Waals surface area contributed by atoms with Gasteiger partial charge in [0.2, 0.25) is 0 Å². The fourth-order valence-electron chi connectivity index (χ4n) is 2.37. The van der Waals surface area contributed by atoms with Crippen LogP contribution in [0.15, 0.2) is 0 Å². The number of ether oxygens (including phenoxy) is 3. The smallest absolute Gasteiger partial charge is 0.326 e. The number of carbonyl (C=O) groups excluding carboxylic acids is 2. The zero-order valence-electron chi connectivity index (χ0n) is 10.1. The van der Waals surface area contributed by atoms with Crippen molar-refractivity contribution in [3.63, 3.8) is 0 Å². The summed E-state index contributed by atoms with van der Waals surface area (Å²) >= 11 is 0. The van der Waals surface area contributed by atoms with Crippen LogP contribution in [0.4, 0.5) is 0 Å². The lowest BCUT2D eigenvalue weighted by atomic mass is 9.73. The Kier molecular flexibility index (Phi) is 3.91. The van der Waals surface area contributed by atoms with Crippen molar-refractivity contribution in [2.45, 2.75) is 26.4 Å². The highest BCUT2D eigenvalue weighted by Gasteiger charge is 2.62. The van der Waals surface area contributed by atoms with Crippen molar-refractivity contribution in [1.82, 2.24) is 0 Å². The van der Waals surface area contributed by atoms with E-state index >= 15 is 0 Å². The standard InChI is InChI=1S/C11H18O5/c1-5-8-11(9(12)14-3,10(13)15-4)7(2)6-16-8/h7-8H,5-6H2,1-4H3/t7-,8+/m1/s1. The van der Waals surface area contributed by atoms with E-state index < -0.39 is 23.5 Å². The summed E-state index contributed by atoms with van der Waals surface area (Å²) in [5, 5.41) is 0. The van der Waals surface area contributed by atoms with Gasteiger partial charge in [0.25, 0.3) is 0 Å². The number of carbonyl (C=O) groups is 2. The molecule has 5 heteroatoms. The van der Waals surface area contributed by atoms with Gasteiger partial charge >= 0.3 is 11.9 Å². The Morgan fingerprint density at radius 2 is 1.81 bits per heavy atom. The first kappa shape index (κ1) is 13.0. The molecule has 0 saturated carbocycles. The lowest BCUT2D eigenvalue weighted by Crippen LogP contribution is -2.50. The van der Waals surface area contributed by atoms with E-state index in [1.54, 1.807) is 6.92 Å². The van der Waals surface area contributed by atoms with E-state index in [4.69, 9.17) is 14.2 Å². The largest absolute Gasteiger partial charge is 0.468 e. The van der Waals surface area contributed by atoms with E-state index in [9.17, 15) is 9.59 Å². The number of methoxy groups -OCH3 is 2. The average molecular weight is 230 g/mol. The first-order valence-corrected chi connectivity index (χ1v) is 5.34. The molecule has 0 amide bonds. The van der Waals surface area contributed by atoms with Crippen molar-refractivity contribution in [1.29, 1.82) is 0 Å². The van der Waals surface area contributed by atoms with Gasteiger partial charge < -0.3 is 14.2 Å². The Bertz CT molecular complexity index is 270. The third-order valence-electron chi connectivity index (χ3n) is 3.25. The second-order valence-electron chi connectivity index (χ2n) is 3.98. The Balaban J connectivity index is 3.20. The zero-order chi connectivity index (χ0) is 12.3. The normalized spacial score (nSPS) is 27.5. The fraction of sp³-hybridized carbons (Fsp3) is 0.818. The molecule has 0 aromatic heterocycles. The second kappa shape index (κ2) is 4.82. The molecule has 1 aliphatic rings. The van der Waals surface area contributed by atoms with Crippen molar-refractivity contribution in [2.75, 3.05) is 20.8 Å². The molecule has 0 N–H and O–H groups in total. The summed E-state index contributed by atoms with van der Waals surface area (Å²) < 4.78 is 15.0. The Hall–Kier alpha value is -1.10. The molecule has 0 aliphatic carbocycles. The molecular weight excluding hydrogens is 212 g/mol. The molecule has 0 unspecified atom stereocenters. The first-order chi connectivity index (χ1) is 7.55. The van der Waals surface area contributed by atoms with Gasteiger partial charge in [-0.3, -0.25) is 9.59 Å². The van der Waals surface area contributed by atoms with Gasteiger partial charge in [0, 0.05) is 5.92 Å². The molecule has 1 fully saturated rings. The Labute approximate surface area is 95.0 Å². The number of hydrogen-bond donors (Lipinski definition) is 0. The van der Waals surface area contributed by atoms with Crippen LogP contribution in [0, 0.1) is 11.3 Å². The van der Waals surface area contributed by atoms with Crippen LogP contribution in [-0.4, -0.2) is 38.9 Å². The minimum absolute atomic E-state index is 0.239. The molecule has 2 atom stereocenters. The Morgan fingerprint density at radius 1 is 1.31 bits per heavy atom. The van der Waals surface area contributed by atoms with Gasteiger partial charge in [-0.25, -0.2) is 0 Å². The van der Waals surface area contributed by atoms with Crippen LogP contribution >= 0.6 is 0 Å². The zero-order valence-corrected chi connectivity index (χ0v) is 10.1. The number of rotatable bonds is 3. The van der Waals surface area contributed by atoms with Crippen LogP contribution in [0.3, 0.4) is 0 Å². The highest BCUT2D eigenvalue weighted by atomic mass is 16.6. The molecule has 92 valence electrons. The van der Waals surface area contributed by atoms with E-state index in [-0.39, 0.29) is 5.92 Å². The molecule has 5 nitrogen and oxygen atoms in total. The van der Waals surface area contributed by atoms with Crippen molar-refractivity contribution >= 4 is 11.9 Å². The van der Waals surface area contributed by atoms with E-state index in [1.165, 1.54) is 14.2 Å². The molecule has 16 heavy (non-hydrogen) atoms. The Morgan fingerprint density at radius 3 is 2.19 bits per heavy atom. The predicted octanol–water partition coefficient (Wildman–Crippen LogP) is 0.764. The molecule has 0 radical (unpaired) electrons. The molecule has 0 aromatic rings. The van der Waals surface area contributed by atoms with E-state index in [1.807, 2.05) is 6.92 Å². The van der Waals surface area contributed by atoms with Crippen LogP contribution in [0.1, 0.15) is 20.3 Å². The topological polar surface area (TPSA) is 61.8 Å². The third-order valence-corrected chi connectivity index (χ3v) is 3.25. The maximum Gasteiger partial charge on any atom is 0.326 e. The monoisotopic (exact) mass is 230 g/mol. The summed E-state index contributed by atoms with van der Waals surface area (Å²) in [6, 6.07) is 0. The van der Waals surface area contributed by atoms with Crippen LogP contribution in [0.5, 0.6) is 0 Å². The highest BCUT2D eigenvalue weighted by Crippen LogP contribution is 2.43. The highest BCUT2D eigenvalue weighted by molar-refractivity contribution is 6.01. The van der Waals surface area contributed by atoms with Gasteiger partial charge in [0.05, 0.1) is 26.9 Å². The molecule has 0 spiro atoms. The molecular formula is C11H18O5. The second-order valence-corrected chi connectivity index (χ2v) is 3.98. The maximum absolute atomic E-state index is 11.9. The summed E-state index contributed by atoms with van der Waals surface area (Å²) in [4.78, 5) is 23.8. The van der Waals surface area contributed by atoms with Gasteiger partial charge in [-0.2, -0.15) is 0 Å². The lowest BCUT2D eigenvalue weighted by Gasteiger charge is -2.30. The van der Waals surface area contributed by atoms with Gasteiger partial charge in [-0.1, -0.05) is 13.8 Å². The van der Waals surface area contributed by atoms with Gasteiger partial charge in [0.1, 0.15) is 0 Å². The van der Waals surface area contributed by atoms with E-state index in [0.29, 0.717) is 13.0 Å². The van der Waals surface area contributed by atoms with Gasteiger partial charge in [-0.05, 0) is 6.42 Å². The summed E-state index contributed by atoms with van der Waals surface area (Å²) in [6.07, 6.45) is 0.0940. The molecule has 0 bridgehead atoms. The average Bonchev–Trinajstić information content (AvgIpc) is 2.65. The van der Waals surface area contributed by atoms with Crippen LogP contribution in [0.2, 0.25) is 0 Å². The van der Waals surface area contributed by atoms with Crippen LogP contribution in [-0.2, 0) is 23.8 Å². The van der Waals surface area contributed by atoms with Crippen molar-refractivity contribution in [3.05, 3.63) is 0 Å². The summed E-state index contributed by atoms with van der Waals surface area (Å²) in [5.41, 5.74) is -1.31. The summed E-state index contributed by atoms with van der Waals surface area (Å²) in [6.45, 7) is 4.02. The third kappa shape index (κ3) is 1.59. The SMILES string of the molecule is CC[C@@H]1OC[C@@H](C)C1(C(=O)OC)C(=O)OC. The molecule has 1 saturated heterocycles. The van der Waals surface area contributed by atoms with Gasteiger partial charge in [0.15, 0.2) is 5.41 Å². The summed E-state index contributed by atoms with van der Waals surface area (Å²) in [5.74, 6) is -1.38. The van der Waals surface area contributed by atoms with Crippen molar-refractivity contribution in [2.24, 2.45) is 11.3 Å². The minimum atomic E-state index is -1.31.